The number of dihydropyridines is 1. The Hall–Kier alpha value is -1.72. The Morgan fingerprint density at radius 3 is 2.38 bits per heavy atom. The van der Waals surface area contributed by atoms with Gasteiger partial charge in [-0.25, -0.2) is 9.59 Å². The molecule has 0 radical (unpaired) electrons. The van der Waals surface area contributed by atoms with E-state index in [1.165, 1.54) is 0 Å². The molecule has 0 atom stereocenters. The maximum Gasteiger partial charge on any atom is 0.341 e. The Balaban J connectivity index is 2.93. The lowest BCUT2D eigenvalue weighted by Crippen LogP contribution is -2.26. The van der Waals surface area contributed by atoms with E-state index in [4.69, 9.17) is 9.76 Å². The van der Waals surface area contributed by atoms with Crippen LogP contribution in [0.5, 0.6) is 0 Å². The first-order valence-electron chi connectivity index (χ1n) is 5.04. The van der Waals surface area contributed by atoms with Crippen molar-refractivity contribution in [2.45, 2.75) is 27.1 Å². The summed E-state index contributed by atoms with van der Waals surface area (Å²) in [7, 11) is 0.278. The standard InChI is InChI=1S/C10H14BNO4/c1-5-7(9(13)14)4-8(6(2)12-5)10(15)16-11-3/h11-12H,4H2,1-3H3,(H,13,14). The molecule has 16 heavy (non-hydrogen) atoms. The molecule has 1 heterocycles. The van der Waals surface area contributed by atoms with Crippen LogP contribution >= 0.6 is 0 Å². The van der Waals surface area contributed by atoms with Gasteiger partial charge in [0.25, 0.3) is 0 Å². The van der Waals surface area contributed by atoms with Gasteiger partial charge >= 0.3 is 19.4 Å². The summed E-state index contributed by atoms with van der Waals surface area (Å²) in [6, 6.07) is 0. The third-order valence-electron chi connectivity index (χ3n) is 2.41. The van der Waals surface area contributed by atoms with Crippen LogP contribution in [0, 0.1) is 0 Å². The highest BCUT2D eigenvalue weighted by atomic mass is 16.5. The van der Waals surface area contributed by atoms with Crippen molar-refractivity contribution in [1.29, 1.82) is 0 Å². The van der Waals surface area contributed by atoms with Crippen molar-refractivity contribution in [2.75, 3.05) is 0 Å². The average Bonchev–Trinajstić information content (AvgIpc) is 2.17. The van der Waals surface area contributed by atoms with E-state index in [0.717, 1.165) is 0 Å². The number of carbonyl (C=O) groups is 2. The highest BCUT2D eigenvalue weighted by molar-refractivity contribution is 6.29. The van der Waals surface area contributed by atoms with Gasteiger partial charge in [0.15, 0.2) is 0 Å². The third kappa shape index (κ3) is 2.45. The Kier molecular flexibility index (Phi) is 3.76. The molecule has 0 saturated carbocycles. The van der Waals surface area contributed by atoms with Crippen LogP contribution in [0.2, 0.25) is 6.82 Å². The number of rotatable bonds is 3. The largest absolute Gasteiger partial charge is 0.537 e. The second-order valence-electron chi connectivity index (χ2n) is 3.53. The van der Waals surface area contributed by atoms with Crippen LogP contribution in [0.1, 0.15) is 20.3 Å². The molecule has 0 fully saturated rings. The molecule has 0 unspecified atom stereocenters. The summed E-state index contributed by atoms with van der Waals surface area (Å²) in [5.41, 5.74) is 1.80. The quantitative estimate of drug-likeness (QED) is 0.683. The van der Waals surface area contributed by atoms with Gasteiger partial charge in [0.1, 0.15) is 0 Å². The number of hydrogen-bond acceptors (Lipinski definition) is 4. The molecule has 0 aromatic heterocycles. The second-order valence-corrected chi connectivity index (χ2v) is 3.53. The van der Waals surface area contributed by atoms with Gasteiger partial charge in [-0.2, -0.15) is 0 Å². The minimum Gasteiger partial charge on any atom is -0.537 e. The van der Waals surface area contributed by atoms with Gasteiger partial charge in [0, 0.05) is 17.8 Å². The van der Waals surface area contributed by atoms with Crippen molar-refractivity contribution in [3.05, 3.63) is 22.5 Å². The highest BCUT2D eigenvalue weighted by Crippen LogP contribution is 2.23. The predicted octanol–water partition coefficient (Wildman–Crippen LogP) is 0.555. The number of carboxylic acids is 1. The SMILES string of the molecule is CBOC(=O)C1=C(C)NC(C)=C(C(=O)O)C1. The Morgan fingerprint density at radius 2 is 1.88 bits per heavy atom. The van der Waals surface area contributed by atoms with E-state index < -0.39 is 11.9 Å². The lowest BCUT2D eigenvalue weighted by Gasteiger charge is -2.21. The summed E-state index contributed by atoms with van der Waals surface area (Å²) in [5.74, 6) is -1.47. The first-order valence-corrected chi connectivity index (χ1v) is 5.04. The van der Waals surface area contributed by atoms with Gasteiger partial charge in [-0.1, -0.05) is 6.82 Å². The van der Waals surface area contributed by atoms with E-state index in [1.54, 1.807) is 20.7 Å². The highest BCUT2D eigenvalue weighted by Gasteiger charge is 2.25. The lowest BCUT2D eigenvalue weighted by molar-refractivity contribution is -0.132. The molecule has 1 aliphatic heterocycles. The van der Waals surface area contributed by atoms with Gasteiger partial charge in [-0.15, -0.1) is 0 Å². The molecule has 0 aromatic rings. The molecule has 86 valence electrons. The van der Waals surface area contributed by atoms with Crippen LogP contribution in [0.3, 0.4) is 0 Å². The molecule has 5 nitrogen and oxygen atoms in total. The summed E-state index contributed by atoms with van der Waals surface area (Å²) in [4.78, 5) is 22.5. The van der Waals surface area contributed by atoms with E-state index in [9.17, 15) is 9.59 Å². The zero-order chi connectivity index (χ0) is 12.3. The molecule has 0 aliphatic carbocycles. The predicted molar refractivity (Wildman–Crippen MR) is 59.9 cm³/mol. The molecule has 6 heteroatoms. The smallest absolute Gasteiger partial charge is 0.341 e. The van der Waals surface area contributed by atoms with Crippen molar-refractivity contribution < 1.29 is 19.3 Å². The van der Waals surface area contributed by atoms with Crippen molar-refractivity contribution in [3.8, 4) is 0 Å². The Morgan fingerprint density at radius 1 is 1.31 bits per heavy atom. The second kappa shape index (κ2) is 4.87. The monoisotopic (exact) mass is 223 g/mol. The van der Waals surface area contributed by atoms with Crippen LogP contribution in [-0.4, -0.2) is 24.5 Å². The van der Waals surface area contributed by atoms with Gasteiger partial charge in [-0.3, -0.25) is 0 Å². The first kappa shape index (κ1) is 12.4. The number of carboxylic acid groups (broad SMARTS) is 1. The van der Waals surface area contributed by atoms with Crippen molar-refractivity contribution in [2.24, 2.45) is 0 Å². The molecule has 2 N–H and O–H groups in total. The summed E-state index contributed by atoms with van der Waals surface area (Å²) in [5, 5.41) is 11.8. The molecular weight excluding hydrogens is 209 g/mol. The fourth-order valence-corrected chi connectivity index (χ4v) is 1.55. The number of aliphatic carboxylic acids is 1. The molecule has 0 amide bonds. The maximum absolute atomic E-state index is 11.5. The van der Waals surface area contributed by atoms with Crippen LogP contribution < -0.4 is 5.32 Å². The molecule has 1 aliphatic rings. The number of allylic oxidation sites excluding steroid dienone is 2. The number of carbonyl (C=O) groups excluding carboxylic acids is 1. The van der Waals surface area contributed by atoms with Crippen molar-refractivity contribution in [3.63, 3.8) is 0 Å². The minimum absolute atomic E-state index is 0.110. The average molecular weight is 223 g/mol. The Labute approximate surface area is 94.4 Å². The van der Waals surface area contributed by atoms with E-state index >= 15 is 0 Å². The minimum atomic E-state index is -1.01. The molecule has 0 spiro atoms. The van der Waals surface area contributed by atoms with Crippen molar-refractivity contribution in [1.82, 2.24) is 5.32 Å². The molecule has 1 rings (SSSR count). The zero-order valence-electron chi connectivity index (χ0n) is 9.59. The molecule has 0 saturated heterocycles. The molecular formula is C10H14BNO4. The topological polar surface area (TPSA) is 75.6 Å². The fourth-order valence-electron chi connectivity index (χ4n) is 1.55. The number of nitrogens with one attached hydrogen (secondary N) is 1. The normalized spacial score (nSPS) is 15.7. The zero-order valence-corrected chi connectivity index (χ0v) is 9.59. The van der Waals surface area contributed by atoms with Gasteiger partial charge in [0.05, 0.1) is 11.1 Å². The lowest BCUT2D eigenvalue weighted by atomic mass is 9.97. The van der Waals surface area contributed by atoms with E-state index in [0.29, 0.717) is 17.0 Å². The van der Waals surface area contributed by atoms with Gasteiger partial charge in [-0.05, 0) is 13.8 Å². The summed E-state index contributed by atoms with van der Waals surface area (Å²) < 4.78 is 4.86. The van der Waals surface area contributed by atoms with Gasteiger partial charge in [0.2, 0.25) is 0 Å². The summed E-state index contributed by atoms with van der Waals surface area (Å²) in [6.45, 7) is 5.12. The summed E-state index contributed by atoms with van der Waals surface area (Å²) >= 11 is 0. The van der Waals surface area contributed by atoms with Crippen molar-refractivity contribution >= 4 is 19.4 Å². The fraction of sp³-hybridized carbons (Fsp3) is 0.400. The summed E-state index contributed by atoms with van der Waals surface area (Å²) in [6.07, 6.45) is 0.110. The Bertz CT molecular complexity index is 398. The van der Waals surface area contributed by atoms with Gasteiger partial charge < -0.3 is 15.1 Å². The van der Waals surface area contributed by atoms with Crippen LogP contribution in [0.4, 0.5) is 0 Å². The van der Waals surface area contributed by atoms with Crippen LogP contribution in [-0.2, 0) is 14.2 Å². The molecule has 0 bridgehead atoms. The van der Waals surface area contributed by atoms with E-state index in [-0.39, 0.29) is 19.5 Å². The van der Waals surface area contributed by atoms with Crippen LogP contribution in [0.15, 0.2) is 22.5 Å². The van der Waals surface area contributed by atoms with Crippen LogP contribution in [0.25, 0.3) is 0 Å². The first-order chi connectivity index (χ1) is 7.47. The van der Waals surface area contributed by atoms with E-state index in [2.05, 4.69) is 5.32 Å². The molecule has 0 aromatic carbocycles. The maximum atomic E-state index is 11.5. The third-order valence-corrected chi connectivity index (χ3v) is 2.41. The van der Waals surface area contributed by atoms with E-state index in [1.807, 2.05) is 0 Å². The number of hydrogen-bond donors (Lipinski definition) is 2.